The van der Waals surface area contributed by atoms with Gasteiger partial charge in [-0.2, -0.15) is 13.2 Å². The van der Waals surface area contributed by atoms with E-state index in [4.69, 9.17) is 4.74 Å². The summed E-state index contributed by atoms with van der Waals surface area (Å²) in [6.07, 6.45) is 0.339. The molecule has 29 heavy (non-hydrogen) atoms. The predicted molar refractivity (Wildman–Crippen MR) is 99.8 cm³/mol. The first-order chi connectivity index (χ1) is 13.5. The summed E-state index contributed by atoms with van der Waals surface area (Å²) in [6.45, 7) is 4.55. The largest absolute Gasteiger partial charge is 0.417 e. The molecule has 1 amide bonds. The molecule has 162 valence electrons. The molecular weight excluding hydrogens is 387 g/mol. The highest BCUT2D eigenvalue weighted by molar-refractivity contribution is 5.85. The van der Waals surface area contributed by atoms with Crippen LogP contribution in [0.2, 0.25) is 0 Å². The van der Waals surface area contributed by atoms with Crippen LogP contribution in [-0.2, 0) is 22.3 Å². The smallest absolute Gasteiger partial charge is 0.389 e. The number of pyridine rings is 1. The monoisotopic (exact) mass is 415 g/mol. The van der Waals surface area contributed by atoms with Crippen molar-refractivity contribution < 1.29 is 27.8 Å². The van der Waals surface area contributed by atoms with E-state index in [0.717, 1.165) is 25.1 Å². The summed E-state index contributed by atoms with van der Waals surface area (Å²) in [5.74, 6) is -0.354. The molecule has 3 rings (SSSR count). The fourth-order valence-corrected chi connectivity index (χ4v) is 4.15. The summed E-state index contributed by atoms with van der Waals surface area (Å²) < 4.78 is 43.9. The van der Waals surface area contributed by atoms with Gasteiger partial charge in [-0.15, -0.1) is 0 Å². The van der Waals surface area contributed by atoms with Crippen molar-refractivity contribution in [2.45, 2.75) is 69.9 Å². The molecule has 0 atom stereocenters. The van der Waals surface area contributed by atoms with E-state index in [-0.39, 0.29) is 24.1 Å². The van der Waals surface area contributed by atoms with Gasteiger partial charge in [0.1, 0.15) is 0 Å². The number of halogens is 3. The molecule has 0 bridgehead atoms. The quantitative estimate of drug-likeness (QED) is 0.665. The average molecular weight is 415 g/mol. The zero-order valence-electron chi connectivity index (χ0n) is 16.7. The Bertz CT molecular complexity index is 722. The second-order valence-corrected chi connectivity index (χ2v) is 8.56. The number of aliphatic hydroxyl groups is 1. The van der Waals surface area contributed by atoms with Gasteiger partial charge in [0, 0.05) is 44.2 Å². The summed E-state index contributed by atoms with van der Waals surface area (Å²) in [7, 11) is 0. The molecule has 9 heteroatoms. The molecule has 1 aromatic rings. The van der Waals surface area contributed by atoms with Crippen LogP contribution >= 0.6 is 0 Å². The molecular formula is C20H28F3N3O3. The Morgan fingerprint density at radius 1 is 1.24 bits per heavy atom. The van der Waals surface area contributed by atoms with Crippen molar-refractivity contribution in [1.29, 1.82) is 0 Å². The minimum absolute atomic E-state index is 0.0777. The number of rotatable bonds is 6. The highest BCUT2D eigenvalue weighted by Crippen LogP contribution is 2.50. The van der Waals surface area contributed by atoms with Crippen molar-refractivity contribution in [1.82, 2.24) is 15.6 Å². The molecule has 2 fully saturated rings. The minimum atomic E-state index is -4.49. The van der Waals surface area contributed by atoms with Crippen LogP contribution in [0.1, 0.15) is 50.7 Å². The number of aromatic nitrogens is 1. The number of alkyl halides is 3. The third kappa shape index (κ3) is 4.90. The first kappa shape index (κ1) is 22.0. The Hall–Kier alpha value is -1.71. The van der Waals surface area contributed by atoms with Crippen molar-refractivity contribution in [3.8, 4) is 0 Å². The van der Waals surface area contributed by atoms with Crippen LogP contribution in [0.5, 0.6) is 0 Å². The molecule has 3 N–H and O–H groups in total. The van der Waals surface area contributed by atoms with E-state index in [1.54, 1.807) is 13.8 Å². The van der Waals surface area contributed by atoms with Crippen LogP contribution in [0.25, 0.3) is 0 Å². The summed E-state index contributed by atoms with van der Waals surface area (Å²) in [5, 5.41) is 16.9. The van der Waals surface area contributed by atoms with Crippen molar-refractivity contribution >= 4 is 5.91 Å². The Morgan fingerprint density at radius 2 is 1.90 bits per heavy atom. The lowest BCUT2D eigenvalue weighted by Gasteiger charge is -2.54. The molecule has 1 aliphatic heterocycles. The van der Waals surface area contributed by atoms with E-state index < -0.39 is 22.8 Å². The van der Waals surface area contributed by atoms with Crippen molar-refractivity contribution in [2.24, 2.45) is 5.41 Å². The fraction of sp³-hybridized carbons (Fsp3) is 0.700. The Balaban J connectivity index is 1.61. The van der Waals surface area contributed by atoms with Gasteiger partial charge in [-0.1, -0.05) is 0 Å². The SMILES string of the molecule is CC(C)(O)C1(C(=O)NCc2cncc(C(F)(F)F)c2)CC(NC2CCOCC2)C1. The fourth-order valence-electron chi connectivity index (χ4n) is 4.15. The first-order valence-corrected chi connectivity index (χ1v) is 9.87. The van der Waals surface area contributed by atoms with E-state index in [1.807, 2.05) is 0 Å². The van der Waals surface area contributed by atoms with Crippen LogP contribution in [0.15, 0.2) is 18.5 Å². The van der Waals surface area contributed by atoms with E-state index in [1.165, 1.54) is 6.20 Å². The second kappa shape index (κ2) is 8.20. The summed E-state index contributed by atoms with van der Waals surface area (Å²) in [4.78, 5) is 16.5. The maximum absolute atomic E-state index is 12.9. The zero-order chi connectivity index (χ0) is 21.3. The van der Waals surface area contributed by atoms with Crippen molar-refractivity contribution in [3.63, 3.8) is 0 Å². The molecule has 2 aliphatic rings. The normalized spacial score (nSPS) is 26.1. The van der Waals surface area contributed by atoms with Gasteiger partial charge in [-0.05, 0) is 51.2 Å². The molecule has 0 radical (unpaired) electrons. The number of amides is 1. The van der Waals surface area contributed by atoms with Gasteiger partial charge in [0.25, 0.3) is 0 Å². The zero-order valence-corrected chi connectivity index (χ0v) is 16.7. The van der Waals surface area contributed by atoms with Crippen LogP contribution in [0.3, 0.4) is 0 Å². The van der Waals surface area contributed by atoms with Crippen LogP contribution in [-0.4, -0.2) is 46.9 Å². The molecule has 0 aromatic carbocycles. The summed E-state index contributed by atoms with van der Waals surface area (Å²) >= 11 is 0. The number of hydrogen-bond acceptors (Lipinski definition) is 5. The number of carbonyl (C=O) groups excluding carboxylic acids is 1. The maximum atomic E-state index is 12.9. The van der Waals surface area contributed by atoms with Crippen LogP contribution < -0.4 is 10.6 Å². The van der Waals surface area contributed by atoms with Crippen molar-refractivity contribution in [3.05, 3.63) is 29.6 Å². The standard InChI is InChI=1S/C20H28F3N3O3/c1-18(2,28)19(8-16(9-19)26-15-3-5-29-6-4-15)17(27)25-11-13-7-14(12-24-10-13)20(21,22)23/h7,10,12,15-16,26,28H,3-6,8-9,11H2,1-2H3,(H,25,27). The number of hydrogen-bond donors (Lipinski definition) is 3. The average Bonchev–Trinajstić information content (AvgIpc) is 2.61. The molecule has 1 aromatic heterocycles. The topological polar surface area (TPSA) is 83.5 Å². The molecule has 1 saturated carbocycles. The maximum Gasteiger partial charge on any atom is 0.417 e. The van der Waals surface area contributed by atoms with Crippen molar-refractivity contribution in [2.75, 3.05) is 13.2 Å². The van der Waals surface area contributed by atoms with E-state index in [2.05, 4.69) is 15.6 Å². The van der Waals surface area contributed by atoms with Gasteiger partial charge in [0.2, 0.25) is 5.91 Å². The number of nitrogens with zero attached hydrogens (tertiary/aromatic N) is 1. The van der Waals surface area contributed by atoms with E-state index >= 15 is 0 Å². The van der Waals surface area contributed by atoms with Crippen LogP contribution in [0, 0.1) is 5.41 Å². The summed E-state index contributed by atoms with van der Waals surface area (Å²) in [6, 6.07) is 1.43. The lowest BCUT2D eigenvalue weighted by atomic mass is 9.56. The summed E-state index contributed by atoms with van der Waals surface area (Å²) in [5.41, 5.74) is -2.83. The Kier molecular flexibility index (Phi) is 6.21. The van der Waals surface area contributed by atoms with Gasteiger partial charge in [-0.25, -0.2) is 0 Å². The van der Waals surface area contributed by atoms with Gasteiger partial charge in [-0.3, -0.25) is 9.78 Å². The number of nitrogens with one attached hydrogen (secondary N) is 2. The van der Waals surface area contributed by atoms with Gasteiger partial charge in [0.15, 0.2) is 0 Å². The van der Waals surface area contributed by atoms with Gasteiger partial charge >= 0.3 is 6.18 Å². The molecule has 0 unspecified atom stereocenters. The highest BCUT2D eigenvalue weighted by Gasteiger charge is 2.58. The molecule has 1 saturated heterocycles. The van der Waals surface area contributed by atoms with Crippen LogP contribution in [0.4, 0.5) is 13.2 Å². The lowest BCUT2D eigenvalue weighted by Crippen LogP contribution is -2.66. The number of carbonyl (C=O) groups is 1. The molecule has 6 nitrogen and oxygen atoms in total. The Labute approximate surface area is 168 Å². The van der Waals surface area contributed by atoms with E-state index in [0.29, 0.717) is 32.1 Å². The predicted octanol–water partition coefficient (Wildman–Crippen LogP) is 2.40. The molecule has 0 spiro atoms. The highest BCUT2D eigenvalue weighted by atomic mass is 19.4. The van der Waals surface area contributed by atoms with Gasteiger partial charge in [0.05, 0.1) is 16.6 Å². The Morgan fingerprint density at radius 3 is 2.48 bits per heavy atom. The first-order valence-electron chi connectivity index (χ1n) is 9.87. The van der Waals surface area contributed by atoms with E-state index in [9.17, 15) is 23.1 Å². The third-order valence-electron chi connectivity index (χ3n) is 6.06. The lowest BCUT2D eigenvalue weighted by molar-refractivity contribution is -0.164. The second-order valence-electron chi connectivity index (χ2n) is 8.56. The molecule has 2 heterocycles. The third-order valence-corrected chi connectivity index (χ3v) is 6.06. The minimum Gasteiger partial charge on any atom is -0.389 e. The van der Waals surface area contributed by atoms with Gasteiger partial charge < -0.3 is 20.5 Å². The molecule has 1 aliphatic carbocycles. The number of ether oxygens (including phenoxy) is 1.